The normalized spacial score (nSPS) is 11.9. The Bertz CT molecular complexity index is 738. The predicted octanol–water partition coefficient (Wildman–Crippen LogP) is 4.61. The van der Waals surface area contributed by atoms with Crippen molar-refractivity contribution in [3.8, 4) is 11.5 Å². The monoisotopic (exact) mass is 369 g/mol. The molecular formula is C23H31NO3. The van der Waals surface area contributed by atoms with Crippen molar-refractivity contribution in [3.05, 3.63) is 59.2 Å². The molecule has 0 aliphatic heterocycles. The van der Waals surface area contributed by atoms with Crippen molar-refractivity contribution in [2.24, 2.45) is 0 Å². The van der Waals surface area contributed by atoms with Crippen LogP contribution in [0.15, 0.2) is 42.5 Å². The van der Waals surface area contributed by atoms with Gasteiger partial charge in [0.1, 0.15) is 11.5 Å². The van der Waals surface area contributed by atoms with Crippen LogP contribution in [0.4, 0.5) is 0 Å². The molecule has 4 heteroatoms. The molecule has 0 unspecified atom stereocenters. The lowest BCUT2D eigenvalue weighted by molar-refractivity contribution is -0.127. The highest BCUT2D eigenvalue weighted by atomic mass is 16.5. The summed E-state index contributed by atoms with van der Waals surface area (Å²) in [4.78, 5) is 12.2. The molecule has 0 radical (unpaired) electrons. The smallest absolute Gasteiger partial charge is 0.260 e. The minimum absolute atomic E-state index is 0.0890. The Morgan fingerprint density at radius 3 is 2.22 bits per heavy atom. The van der Waals surface area contributed by atoms with Crippen LogP contribution in [0.5, 0.6) is 11.5 Å². The molecule has 0 aliphatic carbocycles. The minimum Gasteiger partial charge on any atom is -0.491 e. The van der Waals surface area contributed by atoms with Gasteiger partial charge < -0.3 is 14.8 Å². The number of hydrogen-bond donors (Lipinski definition) is 1. The summed E-state index contributed by atoms with van der Waals surface area (Å²) in [5, 5.41) is 2.95. The molecule has 0 aliphatic rings. The number of carbonyl (C=O) groups excluding carboxylic acids is 1. The first-order valence-corrected chi connectivity index (χ1v) is 9.62. The molecule has 1 atom stereocenters. The Morgan fingerprint density at radius 2 is 1.59 bits per heavy atom. The van der Waals surface area contributed by atoms with Crippen LogP contribution in [0.25, 0.3) is 0 Å². The summed E-state index contributed by atoms with van der Waals surface area (Å²) in [5.74, 6) is 1.53. The average molecular weight is 370 g/mol. The largest absolute Gasteiger partial charge is 0.491 e. The van der Waals surface area contributed by atoms with Gasteiger partial charge in [-0.3, -0.25) is 4.79 Å². The molecular weight excluding hydrogens is 338 g/mol. The second-order valence-electron chi connectivity index (χ2n) is 7.21. The number of nitrogens with one attached hydrogen (secondary N) is 1. The van der Waals surface area contributed by atoms with E-state index in [0.29, 0.717) is 6.54 Å². The van der Waals surface area contributed by atoms with E-state index in [4.69, 9.17) is 9.47 Å². The first-order valence-electron chi connectivity index (χ1n) is 9.62. The summed E-state index contributed by atoms with van der Waals surface area (Å²) in [7, 11) is 0. The Balaban J connectivity index is 1.71. The maximum atomic E-state index is 12.2. The molecule has 0 heterocycles. The number of benzene rings is 2. The standard InChI is InChI=1S/C23H31NO3/c1-16(2)26-21-12-9-20(10-13-21)7-6-14-24-23(25)19(5)27-22-11-8-17(3)18(4)15-22/h8-13,15-16,19H,6-7,14H2,1-5H3,(H,24,25)/t19-/m0/s1. The first-order chi connectivity index (χ1) is 12.8. The molecule has 0 spiro atoms. The molecule has 0 saturated heterocycles. The molecule has 2 rings (SSSR count). The van der Waals surface area contributed by atoms with Gasteiger partial charge in [0.15, 0.2) is 6.10 Å². The summed E-state index contributed by atoms with van der Waals surface area (Å²) >= 11 is 0. The molecule has 1 N–H and O–H groups in total. The fourth-order valence-corrected chi connectivity index (χ4v) is 2.70. The van der Waals surface area contributed by atoms with Crippen molar-refractivity contribution in [3.63, 3.8) is 0 Å². The van der Waals surface area contributed by atoms with Crippen LogP contribution >= 0.6 is 0 Å². The lowest BCUT2D eigenvalue weighted by atomic mass is 10.1. The van der Waals surface area contributed by atoms with E-state index in [1.165, 1.54) is 11.1 Å². The third-order valence-corrected chi connectivity index (χ3v) is 4.40. The summed E-state index contributed by atoms with van der Waals surface area (Å²) in [5.41, 5.74) is 3.60. The fraction of sp³-hybridized carbons (Fsp3) is 0.435. The molecule has 2 aromatic carbocycles. The zero-order valence-corrected chi connectivity index (χ0v) is 17.0. The van der Waals surface area contributed by atoms with Gasteiger partial charge in [-0.15, -0.1) is 0 Å². The van der Waals surface area contributed by atoms with E-state index in [9.17, 15) is 4.79 Å². The van der Waals surface area contributed by atoms with Gasteiger partial charge in [0, 0.05) is 6.54 Å². The zero-order valence-electron chi connectivity index (χ0n) is 17.0. The van der Waals surface area contributed by atoms with Gasteiger partial charge in [-0.25, -0.2) is 0 Å². The van der Waals surface area contributed by atoms with Crippen molar-refractivity contribution in [2.75, 3.05) is 6.54 Å². The van der Waals surface area contributed by atoms with Crippen molar-refractivity contribution in [1.82, 2.24) is 5.32 Å². The Hall–Kier alpha value is -2.49. The summed E-state index contributed by atoms with van der Waals surface area (Å²) in [6.07, 6.45) is 1.46. The summed E-state index contributed by atoms with van der Waals surface area (Å²) in [6, 6.07) is 14.0. The highest BCUT2D eigenvalue weighted by Gasteiger charge is 2.14. The van der Waals surface area contributed by atoms with E-state index in [0.717, 1.165) is 29.9 Å². The Labute approximate surface area is 162 Å². The van der Waals surface area contributed by atoms with Crippen LogP contribution in [-0.2, 0) is 11.2 Å². The lowest BCUT2D eigenvalue weighted by Crippen LogP contribution is -2.36. The lowest BCUT2D eigenvalue weighted by Gasteiger charge is -2.15. The van der Waals surface area contributed by atoms with Crippen molar-refractivity contribution in [2.45, 2.75) is 59.7 Å². The Kier molecular flexibility index (Phi) is 7.71. The second kappa shape index (κ2) is 10.0. The SMILES string of the molecule is Cc1ccc(O[C@@H](C)C(=O)NCCCc2ccc(OC(C)C)cc2)cc1C. The molecule has 4 nitrogen and oxygen atoms in total. The molecule has 0 fully saturated rings. The van der Waals surface area contributed by atoms with Crippen LogP contribution < -0.4 is 14.8 Å². The van der Waals surface area contributed by atoms with Crippen LogP contribution in [0.3, 0.4) is 0 Å². The van der Waals surface area contributed by atoms with E-state index < -0.39 is 6.10 Å². The van der Waals surface area contributed by atoms with E-state index in [1.807, 2.05) is 51.1 Å². The highest BCUT2D eigenvalue weighted by molar-refractivity contribution is 5.80. The van der Waals surface area contributed by atoms with E-state index in [-0.39, 0.29) is 12.0 Å². The van der Waals surface area contributed by atoms with E-state index in [2.05, 4.69) is 24.4 Å². The number of carbonyl (C=O) groups is 1. The highest BCUT2D eigenvalue weighted by Crippen LogP contribution is 2.18. The number of aryl methyl sites for hydroxylation is 3. The van der Waals surface area contributed by atoms with E-state index in [1.54, 1.807) is 6.92 Å². The van der Waals surface area contributed by atoms with Gasteiger partial charge >= 0.3 is 0 Å². The quantitative estimate of drug-likeness (QED) is 0.657. The van der Waals surface area contributed by atoms with Crippen molar-refractivity contribution < 1.29 is 14.3 Å². The maximum absolute atomic E-state index is 12.2. The third kappa shape index (κ3) is 6.97. The Morgan fingerprint density at radius 1 is 0.926 bits per heavy atom. The molecule has 146 valence electrons. The summed E-state index contributed by atoms with van der Waals surface area (Å²) < 4.78 is 11.4. The van der Waals surface area contributed by atoms with E-state index >= 15 is 0 Å². The molecule has 27 heavy (non-hydrogen) atoms. The molecule has 0 bridgehead atoms. The van der Waals surface area contributed by atoms with Crippen LogP contribution in [0.2, 0.25) is 0 Å². The molecule has 2 aromatic rings. The average Bonchev–Trinajstić information content (AvgIpc) is 2.62. The summed E-state index contributed by atoms with van der Waals surface area (Å²) in [6.45, 7) is 10.5. The molecule has 0 saturated carbocycles. The number of ether oxygens (including phenoxy) is 2. The van der Waals surface area contributed by atoms with Crippen LogP contribution in [-0.4, -0.2) is 24.7 Å². The van der Waals surface area contributed by atoms with Gasteiger partial charge in [0.2, 0.25) is 0 Å². The number of amides is 1. The second-order valence-corrected chi connectivity index (χ2v) is 7.21. The van der Waals surface area contributed by atoms with Gasteiger partial charge in [-0.1, -0.05) is 18.2 Å². The van der Waals surface area contributed by atoms with Gasteiger partial charge in [0.05, 0.1) is 6.10 Å². The first kappa shape index (κ1) is 20.8. The predicted molar refractivity (Wildman–Crippen MR) is 110 cm³/mol. The van der Waals surface area contributed by atoms with Gasteiger partial charge in [0.25, 0.3) is 5.91 Å². The van der Waals surface area contributed by atoms with Crippen LogP contribution in [0, 0.1) is 13.8 Å². The maximum Gasteiger partial charge on any atom is 0.260 e. The molecule has 1 amide bonds. The number of rotatable bonds is 9. The van der Waals surface area contributed by atoms with Crippen LogP contribution in [0.1, 0.15) is 43.9 Å². The van der Waals surface area contributed by atoms with Gasteiger partial charge in [-0.05, 0) is 88.4 Å². The van der Waals surface area contributed by atoms with Gasteiger partial charge in [-0.2, -0.15) is 0 Å². The van der Waals surface area contributed by atoms with Crippen molar-refractivity contribution in [1.29, 1.82) is 0 Å². The topological polar surface area (TPSA) is 47.6 Å². The van der Waals surface area contributed by atoms with Crippen molar-refractivity contribution >= 4 is 5.91 Å². The fourth-order valence-electron chi connectivity index (χ4n) is 2.70. The number of hydrogen-bond acceptors (Lipinski definition) is 3. The third-order valence-electron chi connectivity index (χ3n) is 4.40. The molecule has 0 aromatic heterocycles. The minimum atomic E-state index is -0.514. The zero-order chi connectivity index (χ0) is 19.8.